The molecule has 1 fully saturated rings. The highest BCUT2D eigenvalue weighted by atomic mass is 15.3. The predicted octanol–water partition coefficient (Wildman–Crippen LogP) is 3.31. The minimum Gasteiger partial charge on any atom is -0.352 e. The second kappa shape index (κ2) is 8.86. The van der Waals surface area contributed by atoms with Gasteiger partial charge in [0.25, 0.3) is 0 Å². The molecule has 1 N–H and O–H groups in total. The van der Waals surface area contributed by atoms with E-state index in [1.54, 1.807) is 0 Å². The van der Waals surface area contributed by atoms with Crippen LogP contribution in [0.15, 0.2) is 59.6 Å². The zero-order valence-corrected chi connectivity index (χ0v) is 16.2. The van der Waals surface area contributed by atoms with Gasteiger partial charge in [-0.3, -0.25) is 4.99 Å². The lowest BCUT2D eigenvalue weighted by Crippen LogP contribution is -2.39. The van der Waals surface area contributed by atoms with Crippen molar-refractivity contribution in [1.82, 2.24) is 15.1 Å². The monoisotopic (exact) mass is 350 g/mol. The van der Waals surface area contributed by atoms with E-state index in [1.165, 1.54) is 23.1 Å². The zero-order valence-electron chi connectivity index (χ0n) is 16.2. The van der Waals surface area contributed by atoms with Crippen molar-refractivity contribution in [2.24, 2.45) is 4.99 Å². The molecule has 1 unspecified atom stereocenters. The molecule has 1 aliphatic heterocycles. The molecule has 0 bridgehead atoms. The van der Waals surface area contributed by atoms with Gasteiger partial charge in [-0.25, -0.2) is 0 Å². The molecule has 1 saturated heterocycles. The Hall–Kier alpha value is -2.33. The molecule has 0 radical (unpaired) electrons. The largest absolute Gasteiger partial charge is 0.352 e. The van der Waals surface area contributed by atoms with Gasteiger partial charge in [0.2, 0.25) is 0 Å². The van der Waals surface area contributed by atoms with Gasteiger partial charge in [0, 0.05) is 39.1 Å². The maximum absolute atomic E-state index is 4.51. The van der Waals surface area contributed by atoms with Crippen molar-refractivity contribution in [3.8, 4) is 0 Å². The molecule has 26 heavy (non-hydrogen) atoms. The fourth-order valence-electron chi connectivity index (χ4n) is 3.67. The van der Waals surface area contributed by atoms with Crippen molar-refractivity contribution in [2.75, 3.05) is 34.2 Å². The Bertz CT molecular complexity index is 724. The molecular formula is C22H30N4. The molecule has 3 rings (SSSR count). The van der Waals surface area contributed by atoms with Crippen LogP contribution in [0.4, 0.5) is 0 Å². The first-order valence-electron chi connectivity index (χ1n) is 9.39. The van der Waals surface area contributed by atoms with Gasteiger partial charge in [-0.1, -0.05) is 54.6 Å². The number of hydrogen-bond acceptors (Lipinski definition) is 2. The SMILES string of the molecule is CN=C(NCc1cccc(CN(C)C)c1)N1CCC(c2ccccc2)C1. The van der Waals surface area contributed by atoms with Crippen molar-refractivity contribution in [3.05, 3.63) is 71.3 Å². The summed E-state index contributed by atoms with van der Waals surface area (Å²) in [5.74, 6) is 1.60. The summed E-state index contributed by atoms with van der Waals surface area (Å²) in [6.07, 6.45) is 1.18. The Morgan fingerprint density at radius 2 is 1.88 bits per heavy atom. The number of nitrogens with zero attached hydrogens (tertiary/aromatic N) is 3. The maximum atomic E-state index is 4.51. The van der Waals surface area contributed by atoms with Crippen LogP contribution in [0.2, 0.25) is 0 Å². The fraction of sp³-hybridized carbons (Fsp3) is 0.409. The van der Waals surface area contributed by atoms with E-state index in [1.807, 2.05) is 7.05 Å². The number of rotatable bonds is 5. The lowest BCUT2D eigenvalue weighted by molar-refractivity contribution is 0.402. The van der Waals surface area contributed by atoms with Crippen LogP contribution in [0.3, 0.4) is 0 Å². The molecule has 0 amide bonds. The van der Waals surface area contributed by atoms with E-state index in [0.717, 1.165) is 32.1 Å². The van der Waals surface area contributed by atoms with Crippen molar-refractivity contribution in [2.45, 2.75) is 25.4 Å². The summed E-state index contributed by atoms with van der Waals surface area (Å²) < 4.78 is 0. The quantitative estimate of drug-likeness (QED) is 0.663. The molecule has 4 heteroatoms. The Labute approximate surface area is 157 Å². The van der Waals surface area contributed by atoms with E-state index in [0.29, 0.717) is 5.92 Å². The van der Waals surface area contributed by atoms with Crippen molar-refractivity contribution in [1.29, 1.82) is 0 Å². The second-order valence-corrected chi connectivity index (χ2v) is 7.30. The first kappa shape index (κ1) is 18.5. The van der Waals surface area contributed by atoms with Gasteiger partial charge in [0.1, 0.15) is 0 Å². The van der Waals surface area contributed by atoms with Crippen LogP contribution in [0.5, 0.6) is 0 Å². The lowest BCUT2D eigenvalue weighted by Gasteiger charge is -2.22. The average molecular weight is 351 g/mol. The topological polar surface area (TPSA) is 30.9 Å². The molecule has 1 atom stereocenters. The van der Waals surface area contributed by atoms with Crippen molar-refractivity contribution >= 4 is 5.96 Å². The third kappa shape index (κ3) is 4.85. The van der Waals surface area contributed by atoms with E-state index >= 15 is 0 Å². The van der Waals surface area contributed by atoms with E-state index in [2.05, 4.69) is 88.8 Å². The normalized spacial score (nSPS) is 17.8. The molecule has 4 nitrogen and oxygen atoms in total. The van der Waals surface area contributed by atoms with Gasteiger partial charge in [-0.15, -0.1) is 0 Å². The first-order chi connectivity index (χ1) is 12.7. The number of guanidine groups is 1. The van der Waals surface area contributed by atoms with E-state index < -0.39 is 0 Å². The van der Waals surface area contributed by atoms with Crippen LogP contribution < -0.4 is 5.32 Å². The third-order valence-electron chi connectivity index (χ3n) is 4.91. The van der Waals surface area contributed by atoms with Crippen LogP contribution in [-0.2, 0) is 13.1 Å². The minimum atomic E-state index is 0.596. The average Bonchev–Trinajstić information content (AvgIpc) is 3.13. The van der Waals surface area contributed by atoms with Gasteiger partial charge in [-0.05, 0) is 37.2 Å². The molecule has 1 heterocycles. The number of aliphatic imine (C=N–C) groups is 1. The first-order valence-corrected chi connectivity index (χ1v) is 9.39. The summed E-state index contributed by atoms with van der Waals surface area (Å²) in [6, 6.07) is 19.6. The summed E-state index contributed by atoms with van der Waals surface area (Å²) in [6.45, 7) is 3.86. The van der Waals surface area contributed by atoms with Crippen molar-refractivity contribution in [3.63, 3.8) is 0 Å². The molecular weight excluding hydrogens is 320 g/mol. The highest BCUT2D eigenvalue weighted by Crippen LogP contribution is 2.26. The summed E-state index contributed by atoms with van der Waals surface area (Å²) in [4.78, 5) is 9.08. The molecule has 0 aromatic heterocycles. The summed E-state index contributed by atoms with van der Waals surface area (Å²) in [5.41, 5.74) is 4.07. The molecule has 2 aromatic carbocycles. The van der Waals surface area contributed by atoms with Gasteiger partial charge in [0.15, 0.2) is 5.96 Å². The number of hydrogen-bond donors (Lipinski definition) is 1. The number of benzene rings is 2. The van der Waals surface area contributed by atoms with Gasteiger partial charge >= 0.3 is 0 Å². The van der Waals surface area contributed by atoms with Crippen LogP contribution in [0.1, 0.15) is 29.0 Å². The van der Waals surface area contributed by atoms with E-state index in [-0.39, 0.29) is 0 Å². The second-order valence-electron chi connectivity index (χ2n) is 7.30. The van der Waals surface area contributed by atoms with Crippen LogP contribution in [-0.4, -0.2) is 50.0 Å². The Morgan fingerprint density at radius 1 is 1.12 bits per heavy atom. The van der Waals surface area contributed by atoms with Crippen LogP contribution in [0, 0.1) is 0 Å². The highest BCUT2D eigenvalue weighted by molar-refractivity contribution is 5.80. The Morgan fingerprint density at radius 3 is 2.62 bits per heavy atom. The molecule has 0 saturated carbocycles. The number of likely N-dealkylation sites (tertiary alicyclic amines) is 1. The molecule has 2 aromatic rings. The smallest absolute Gasteiger partial charge is 0.193 e. The molecule has 0 aliphatic carbocycles. The van der Waals surface area contributed by atoms with Gasteiger partial charge in [-0.2, -0.15) is 0 Å². The van der Waals surface area contributed by atoms with E-state index in [4.69, 9.17) is 0 Å². The van der Waals surface area contributed by atoms with Crippen LogP contribution in [0.25, 0.3) is 0 Å². The Balaban J connectivity index is 1.57. The summed E-state index contributed by atoms with van der Waals surface area (Å²) in [7, 11) is 6.08. The van der Waals surface area contributed by atoms with Gasteiger partial charge < -0.3 is 15.1 Å². The van der Waals surface area contributed by atoms with E-state index in [9.17, 15) is 0 Å². The summed E-state index contributed by atoms with van der Waals surface area (Å²) >= 11 is 0. The van der Waals surface area contributed by atoms with Crippen LogP contribution >= 0.6 is 0 Å². The van der Waals surface area contributed by atoms with Crippen molar-refractivity contribution < 1.29 is 0 Å². The maximum Gasteiger partial charge on any atom is 0.193 e. The third-order valence-corrected chi connectivity index (χ3v) is 4.91. The lowest BCUT2D eigenvalue weighted by atomic mass is 9.99. The summed E-state index contributed by atoms with van der Waals surface area (Å²) in [5, 5.41) is 3.54. The molecule has 0 spiro atoms. The standard InChI is InChI=1S/C22H30N4/c1-23-22(24-15-18-8-7-9-19(14-18)16-25(2)3)26-13-12-21(17-26)20-10-5-4-6-11-20/h4-11,14,21H,12-13,15-17H2,1-3H3,(H,23,24). The zero-order chi connectivity index (χ0) is 18.4. The fourth-order valence-corrected chi connectivity index (χ4v) is 3.67. The molecule has 138 valence electrons. The molecule has 1 aliphatic rings. The minimum absolute atomic E-state index is 0.596. The predicted molar refractivity (Wildman–Crippen MR) is 109 cm³/mol. The Kier molecular flexibility index (Phi) is 6.29. The highest BCUT2D eigenvalue weighted by Gasteiger charge is 2.25. The number of nitrogens with one attached hydrogen (secondary N) is 1. The van der Waals surface area contributed by atoms with Gasteiger partial charge in [0.05, 0.1) is 0 Å².